The summed E-state index contributed by atoms with van der Waals surface area (Å²) in [5, 5.41) is 13.6. The van der Waals surface area contributed by atoms with Crippen molar-refractivity contribution in [3.63, 3.8) is 0 Å². The minimum Gasteiger partial charge on any atom is -0.444 e. The molecule has 0 atom stereocenters. The van der Waals surface area contributed by atoms with Gasteiger partial charge in [0.05, 0.1) is 5.69 Å². The molecule has 2 aromatic rings. The largest absolute Gasteiger partial charge is 0.444 e. The van der Waals surface area contributed by atoms with Crippen molar-refractivity contribution in [2.45, 2.75) is 65.0 Å². The minimum atomic E-state index is -0.615. The van der Waals surface area contributed by atoms with Gasteiger partial charge in [-0.15, -0.1) is 10.2 Å². The Kier molecular flexibility index (Phi) is 6.69. The number of anilines is 1. The Morgan fingerprint density at radius 2 is 2.00 bits per heavy atom. The van der Waals surface area contributed by atoms with Gasteiger partial charge in [-0.3, -0.25) is 4.79 Å². The zero-order chi connectivity index (χ0) is 21.7. The molecule has 1 aromatic heterocycles. The molecule has 8 nitrogen and oxygen atoms in total. The summed E-state index contributed by atoms with van der Waals surface area (Å²) in [6.45, 7) is 6.17. The van der Waals surface area contributed by atoms with Crippen LogP contribution in [0.25, 0.3) is 11.4 Å². The number of ether oxygens (including phenoxy) is 1. The van der Waals surface area contributed by atoms with Crippen molar-refractivity contribution in [3.05, 3.63) is 29.8 Å². The summed E-state index contributed by atoms with van der Waals surface area (Å²) in [5.41, 5.74) is 0.149. The molecule has 2 heterocycles. The number of carbonyl (C=O) groups excluding carboxylic acids is 2. The maximum Gasteiger partial charge on any atom is 0.407 e. The second-order valence-corrected chi connectivity index (χ2v) is 8.32. The summed E-state index contributed by atoms with van der Waals surface area (Å²) >= 11 is 0. The Labute approximate surface area is 175 Å². The highest BCUT2D eigenvalue weighted by atomic mass is 19.1. The number of benzene rings is 1. The van der Waals surface area contributed by atoms with Crippen molar-refractivity contribution in [2.24, 2.45) is 0 Å². The average molecular weight is 417 g/mol. The number of hydrogen-bond donors (Lipinski definition) is 2. The predicted octanol–water partition coefficient (Wildman–Crippen LogP) is 3.66. The second-order valence-electron chi connectivity index (χ2n) is 8.32. The van der Waals surface area contributed by atoms with Gasteiger partial charge in [-0.2, -0.15) is 0 Å². The van der Waals surface area contributed by atoms with Crippen LogP contribution in [0.15, 0.2) is 18.2 Å². The van der Waals surface area contributed by atoms with E-state index in [0.29, 0.717) is 11.4 Å². The van der Waals surface area contributed by atoms with Crippen LogP contribution in [0.2, 0.25) is 0 Å². The third-order valence-electron chi connectivity index (χ3n) is 4.63. The highest BCUT2D eigenvalue weighted by Crippen LogP contribution is 2.26. The molecular formula is C21H28FN5O3. The number of nitrogens with zero attached hydrogens (tertiary/aromatic N) is 3. The number of rotatable bonds is 5. The lowest BCUT2D eigenvalue weighted by Gasteiger charge is -2.19. The lowest BCUT2D eigenvalue weighted by Crippen LogP contribution is -2.34. The summed E-state index contributed by atoms with van der Waals surface area (Å²) in [6.07, 6.45) is 3.54. The van der Waals surface area contributed by atoms with Gasteiger partial charge in [-0.05, 0) is 51.8 Å². The SMILES string of the molecule is CC(C)(C)OC(=O)NCCC(=O)Nc1cc(-c2nnc3n2CCCCC3)ccc1F. The molecule has 0 saturated carbocycles. The molecule has 0 saturated heterocycles. The fourth-order valence-corrected chi connectivity index (χ4v) is 3.26. The van der Waals surface area contributed by atoms with E-state index in [4.69, 9.17) is 4.74 Å². The molecule has 0 aliphatic carbocycles. The fourth-order valence-electron chi connectivity index (χ4n) is 3.26. The number of alkyl carbamates (subject to hydrolysis) is 1. The van der Waals surface area contributed by atoms with Gasteiger partial charge in [0.1, 0.15) is 17.2 Å². The number of aryl methyl sites for hydroxylation is 1. The van der Waals surface area contributed by atoms with Crippen LogP contribution >= 0.6 is 0 Å². The first-order chi connectivity index (χ1) is 14.2. The van der Waals surface area contributed by atoms with E-state index in [2.05, 4.69) is 25.4 Å². The number of fused-ring (bicyclic) bond motifs is 1. The van der Waals surface area contributed by atoms with Crippen LogP contribution in [0.1, 0.15) is 52.3 Å². The summed E-state index contributed by atoms with van der Waals surface area (Å²) in [5.74, 6) is 0.657. The van der Waals surface area contributed by atoms with Crippen LogP contribution in [0, 0.1) is 5.82 Å². The number of amides is 2. The molecule has 162 valence electrons. The second kappa shape index (κ2) is 9.23. The first-order valence-electron chi connectivity index (χ1n) is 10.2. The van der Waals surface area contributed by atoms with Crippen molar-refractivity contribution < 1.29 is 18.7 Å². The van der Waals surface area contributed by atoms with E-state index in [1.807, 2.05) is 0 Å². The highest BCUT2D eigenvalue weighted by molar-refractivity contribution is 5.91. The normalized spacial score (nSPS) is 13.9. The van der Waals surface area contributed by atoms with Gasteiger partial charge in [-0.25, -0.2) is 9.18 Å². The molecule has 3 rings (SSSR count). The number of hydrogen-bond acceptors (Lipinski definition) is 5. The topological polar surface area (TPSA) is 98.1 Å². The van der Waals surface area contributed by atoms with E-state index < -0.39 is 23.4 Å². The van der Waals surface area contributed by atoms with Gasteiger partial charge in [0.25, 0.3) is 0 Å². The van der Waals surface area contributed by atoms with E-state index in [1.165, 1.54) is 6.07 Å². The van der Waals surface area contributed by atoms with Gasteiger partial charge in [0.15, 0.2) is 5.82 Å². The molecule has 0 unspecified atom stereocenters. The fraction of sp³-hybridized carbons (Fsp3) is 0.524. The minimum absolute atomic E-state index is 0.0107. The summed E-state index contributed by atoms with van der Waals surface area (Å²) in [4.78, 5) is 23.8. The van der Waals surface area contributed by atoms with Gasteiger partial charge in [-0.1, -0.05) is 6.42 Å². The van der Waals surface area contributed by atoms with Gasteiger partial charge in [0, 0.05) is 31.5 Å². The summed E-state index contributed by atoms with van der Waals surface area (Å²) in [7, 11) is 0. The Hall–Kier alpha value is -2.97. The molecule has 9 heteroatoms. The molecule has 1 aromatic carbocycles. The monoisotopic (exact) mass is 417 g/mol. The Bertz CT molecular complexity index is 920. The Morgan fingerprint density at radius 1 is 1.20 bits per heavy atom. The van der Waals surface area contributed by atoms with Crippen LogP contribution < -0.4 is 10.6 Å². The molecular weight excluding hydrogens is 389 g/mol. The van der Waals surface area contributed by atoms with Crippen LogP contribution in [0.5, 0.6) is 0 Å². The maximum atomic E-state index is 14.3. The number of halogens is 1. The van der Waals surface area contributed by atoms with E-state index in [1.54, 1.807) is 32.9 Å². The molecule has 2 amide bonds. The lowest BCUT2D eigenvalue weighted by atomic mass is 10.1. The number of carbonyl (C=O) groups is 2. The van der Waals surface area contributed by atoms with Crippen molar-refractivity contribution in [1.29, 1.82) is 0 Å². The third kappa shape index (κ3) is 5.77. The van der Waals surface area contributed by atoms with Crippen molar-refractivity contribution in [1.82, 2.24) is 20.1 Å². The zero-order valence-electron chi connectivity index (χ0n) is 17.6. The number of nitrogens with one attached hydrogen (secondary N) is 2. The molecule has 1 aliphatic rings. The van der Waals surface area contributed by atoms with Gasteiger partial charge in [0.2, 0.25) is 5.91 Å². The molecule has 0 fully saturated rings. The van der Waals surface area contributed by atoms with Crippen LogP contribution in [0.4, 0.5) is 14.9 Å². The summed E-state index contributed by atoms with van der Waals surface area (Å²) < 4.78 is 21.4. The predicted molar refractivity (Wildman–Crippen MR) is 110 cm³/mol. The van der Waals surface area contributed by atoms with Crippen molar-refractivity contribution in [3.8, 4) is 11.4 Å². The van der Waals surface area contributed by atoms with E-state index in [9.17, 15) is 14.0 Å². The maximum absolute atomic E-state index is 14.3. The van der Waals surface area contributed by atoms with Gasteiger partial charge < -0.3 is 19.9 Å². The lowest BCUT2D eigenvalue weighted by molar-refractivity contribution is -0.116. The van der Waals surface area contributed by atoms with E-state index in [-0.39, 0.29) is 18.7 Å². The highest BCUT2D eigenvalue weighted by Gasteiger charge is 2.18. The van der Waals surface area contributed by atoms with Crippen LogP contribution in [-0.2, 0) is 22.5 Å². The summed E-state index contributed by atoms with van der Waals surface area (Å²) in [6, 6.07) is 4.51. The molecule has 0 spiro atoms. The van der Waals surface area contributed by atoms with E-state index >= 15 is 0 Å². The van der Waals surface area contributed by atoms with Gasteiger partial charge >= 0.3 is 6.09 Å². The molecule has 0 bridgehead atoms. The average Bonchev–Trinajstić information content (AvgIpc) is 2.90. The van der Waals surface area contributed by atoms with E-state index in [0.717, 1.165) is 38.1 Å². The quantitative estimate of drug-likeness (QED) is 0.774. The third-order valence-corrected chi connectivity index (χ3v) is 4.63. The smallest absolute Gasteiger partial charge is 0.407 e. The molecule has 30 heavy (non-hydrogen) atoms. The van der Waals surface area contributed by atoms with Crippen molar-refractivity contribution in [2.75, 3.05) is 11.9 Å². The number of aromatic nitrogens is 3. The zero-order valence-corrected chi connectivity index (χ0v) is 17.6. The van der Waals surface area contributed by atoms with Crippen molar-refractivity contribution >= 4 is 17.7 Å². The van der Waals surface area contributed by atoms with Crippen LogP contribution in [-0.4, -0.2) is 38.9 Å². The van der Waals surface area contributed by atoms with Crippen LogP contribution in [0.3, 0.4) is 0 Å². The molecule has 1 aliphatic heterocycles. The first kappa shape index (κ1) is 21.7. The molecule has 2 N–H and O–H groups in total. The Balaban J connectivity index is 1.63. The molecule has 0 radical (unpaired) electrons. The first-order valence-corrected chi connectivity index (χ1v) is 10.2. The standard InChI is InChI=1S/C21H28FN5O3/c1-21(2,3)30-20(29)23-11-10-18(28)24-16-13-14(8-9-15(16)22)19-26-25-17-7-5-4-6-12-27(17)19/h8-9,13H,4-7,10-12H2,1-3H3,(H,23,29)(H,24,28). The Morgan fingerprint density at radius 3 is 2.77 bits per heavy atom.